The van der Waals surface area contributed by atoms with E-state index in [9.17, 15) is 19.2 Å². The van der Waals surface area contributed by atoms with Gasteiger partial charge in [-0.05, 0) is 77.4 Å². The molecule has 0 N–H and O–H groups in total. The molecule has 0 aromatic heterocycles. The fourth-order valence-electron chi connectivity index (χ4n) is 8.12. The van der Waals surface area contributed by atoms with Crippen LogP contribution in [0.25, 0.3) is 0 Å². The molecule has 2 aliphatic rings. The number of carbonyl (C=O) groups is 4. The third-order valence-electron chi connectivity index (χ3n) is 11.9. The number of unbranched alkanes of at least 4 members (excludes halogenated alkanes) is 16. The van der Waals surface area contributed by atoms with Crippen molar-refractivity contribution in [1.29, 1.82) is 0 Å². The molecule has 9 heteroatoms. The maximum Gasteiger partial charge on any atom is 0.309 e. The summed E-state index contributed by atoms with van der Waals surface area (Å²) in [5, 5.41) is 0. The van der Waals surface area contributed by atoms with E-state index in [-0.39, 0.29) is 74.0 Å². The molecule has 1 saturated heterocycles. The SMILES string of the molecule is CC/C=C\CC1C(CC(=O)OCC(COC(=O)CCCCCCCCCCC)COC(=O)CCCCCCCCCCC)CCC1OC(=O)C1CCN(C)CC1. The summed E-state index contributed by atoms with van der Waals surface area (Å²) in [6.07, 6.45) is 31.0. The van der Waals surface area contributed by atoms with Gasteiger partial charge < -0.3 is 23.8 Å². The van der Waals surface area contributed by atoms with Gasteiger partial charge in [0.05, 0.1) is 11.8 Å². The first-order chi connectivity index (χ1) is 27.3. The van der Waals surface area contributed by atoms with Crippen molar-refractivity contribution in [1.82, 2.24) is 4.90 Å². The largest absolute Gasteiger partial charge is 0.465 e. The predicted octanol–water partition coefficient (Wildman–Crippen LogP) is 11.1. The second kappa shape index (κ2) is 32.5. The summed E-state index contributed by atoms with van der Waals surface area (Å²) < 4.78 is 23.2. The molecule has 0 amide bonds. The molecule has 1 saturated carbocycles. The molecule has 0 spiro atoms. The van der Waals surface area contributed by atoms with Crippen LogP contribution in [0.5, 0.6) is 0 Å². The number of piperidine rings is 1. The maximum atomic E-state index is 13.3. The average Bonchev–Trinajstić information content (AvgIpc) is 3.56. The molecule has 0 aromatic carbocycles. The molecule has 56 heavy (non-hydrogen) atoms. The molecule has 0 bridgehead atoms. The Hall–Kier alpha value is -2.42. The lowest BCUT2D eigenvalue weighted by atomic mass is 9.88. The van der Waals surface area contributed by atoms with E-state index >= 15 is 0 Å². The van der Waals surface area contributed by atoms with Crippen LogP contribution in [-0.4, -0.2) is 74.8 Å². The van der Waals surface area contributed by atoms with Crippen LogP contribution in [0.4, 0.5) is 0 Å². The van der Waals surface area contributed by atoms with Crippen LogP contribution in [0, 0.1) is 23.7 Å². The average molecular weight is 790 g/mol. The number of rotatable bonds is 33. The van der Waals surface area contributed by atoms with Crippen molar-refractivity contribution in [3.8, 4) is 0 Å². The Kier molecular flexibility index (Phi) is 28.9. The third-order valence-corrected chi connectivity index (χ3v) is 11.9. The highest BCUT2D eigenvalue weighted by Crippen LogP contribution is 2.40. The summed E-state index contributed by atoms with van der Waals surface area (Å²) in [4.78, 5) is 54.0. The van der Waals surface area contributed by atoms with Gasteiger partial charge in [-0.15, -0.1) is 0 Å². The minimum Gasteiger partial charge on any atom is -0.465 e. The zero-order valence-electron chi connectivity index (χ0n) is 36.4. The minimum absolute atomic E-state index is 0.0110. The summed E-state index contributed by atoms with van der Waals surface area (Å²) in [6, 6.07) is 0. The highest BCUT2D eigenvalue weighted by molar-refractivity contribution is 5.73. The van der Waals surface area contributed by atoms with E-state index in [1.807, 2.05) is 0 Å². The van der Waals surface area contributed by atoms with Gasteiger partial charge in [-0.3, -0.25) is 19.2 Å². The van der Waals surface area contributed by atoms with E-state index in [0.717, 1.165) is 90.1 Å². The standard InChI is InChI=1S/C47H83NO8/c1-5-8-11-13-15-17-19-21-24-27-44(49)53-36-39(37-54-45(50)28-25-22-20-18-16-14-12-9-6-2)38-55-46(51)35-41-29-30-43(42(41)26-23-10-7-3)56-47(52)40-31-33-48(4)34-32-40/h10,23,39-43H,5-9,11-22,24-38H2,1-4H3/b23-10-. The molecule has 1 aliphatic carbocycles. The van der Waals surface area contributed by atoms with Gasteiger partial charge in [-0.25, -0.2) is 0 Å². The molecular weight excluding hydrogens is 707 g/mol. The van der Waals surface area contributed by atoms with Gasteiger partial charge in [0.1, 0.15) is 25.9 Å². The van der Waals surface area contributed by atoms with Crippen LogP contribution in [0.2, 0.25) is 0 Å². The fourth-order valence-corrected chi connectivity index (χ4v) is 8.12. The van der Waals surface area contributed by atoms with Crippen molar-refractivity contribution in [2.75, 3.05) is 40.0 Å². The summed E-state index contributed by atoms with van der Waals surface area (Å²) >= 11 is 0. The van der Waals surface area contributed by atoms with Crippen molar-refractivity contribution < 1.29 is 38.1 Å². The first-order valence-electron chi connectivity index (χ1n) is 23.3. The predicted molar refractivity (Wildman–Crippen MR) is 225 cm³/mol. The van der Waals surface area contributed by atoms with Crippen molar-refractivity contribution in [2.45, 2.75) is 200 Å². The van der Waals surface area contributed by atoms with Gasteiger partial charge >= 0.3 is 23.9 Å². The molecular formula is C47H83NO8. The highest BCUT2D eigenvalue weighted by atomic mass is 16.6. The monoisotopic (exact) mass is 790 g/mol. The van der Waals surface area contributed by atoms with Crippen LogP contribution in [0.15, 0.2) is 12.2 Å². The molecule has 1 aliphatic heterocycles. The fraction of sp³-hybridized carbons (Fsp3) is 0.872. The van der Waals surface area contributed by atoms with Crippen molar-refractivity contribution in [2.24, 2.45) is 23.7 Å². The van der Waals surface area contributed by atoms with Crippen molar-refractivity contribution in [3.63, 3.8) is 0 Å². The van der Waals surface area contributed by atoms with Crippen LogP contribution in [-0.2, 0) is 38.1 Å². The lowest BCUT2D eigenvalue weighted by Gasteiger charge is -2.30. The van der Waals surface area contributed by atoms with E-state index in [0.29, 0.717) is 12.8 Å². The summed E-state index contributed by atoms with van der Waals surface area (Å²) in [5.74, 6) is -1.35. The second-order valence-corrected chi connectivity index (χ2v) is 16.9. The second-order valence-electron chi connectivity index (χ2n) is 16.9. The Balaban J connectivity index is 1.85. The van der Waals surface area contributed by atoms with Crippen LogP contribution >= 0.6 is 0 Å². The van der Waals surface area contributed by atoms with Gasteiger partial charge in [0.2, 0.25) is 0 Å². The lowest BCUT2D eigenvalue weighted by molar-refractivity contribution is -0.158. The molecule has 3 atom stereocenters. The molecule has 324 valence electrons. The number of esters is 4. The molecule has 0 aromatic rings. The molecule has 2 rings (SSSR count). The van der Waals surface area contributed by atoms with E-state index in [1.54, 1.807) is 0 Å². The quantitative estimate of drug-likeness (QED) is 0.0278. The number of hydrogen-bond acceptors (Lipinski definition) is 9. The van der Waals surface area contributed by atoms with Crippen LogP contribution < -0.4 is 0 Å². The number of allylic oxidation sites excluding steroid dienone is 2. The number of nitrogens with zero attached hydrogens (tertiary/aromatic N) is 1. The number of hydrogen-bond donors (Lipinski definition) is 0. The maximum absolute atomic E-state index is 13.3. The normalized spacial score (nSPS) is 19.1. The molecule has 9 nitrogen and oxygen atoms in total. The van der Waals surface area contributed by atoms with E-state index in [2.05, 4.69) is 44.9 Å². The minimum atomic E-state index is -0.437. The van der Waals surface area contributed by atoms with Gasteiger partial charge in [0.15, 0.2) is 0 Å². The topological polar surface area (TPSA) is 108 Å². The first-order valence-corrected chi connectivity index (χ1v) is 23.3. The summed E-state index contributed by atoms with van der Waals surface area (Å²) in [6.45, 7) is 8.45. The number of carbonyl (C=O) groups excluding carboxylic acids is 4. The summed E-state index contributed by atoms with van der Waals surface area (Å²) in [7, 11) is 2.08. The van der Waals surface area contributed by atoms with Crippen LogP contribution in [0.3, 0.4) is 0 Å². The van der Waals surface area contributed by atoms with Crippen molar-refractivity contribution in [3.05, 3.63) is 12.2 Å². The van der Waals surface area contributed by atoms with Crippen LogP contribution in [0.1, 0.15) is 194 Å². The Labute approximate surface area is 342 Å². The van der Waals surface area contributed by atoms with Gasteiger partial charge in [-0.1, -0.05) is 136 Å². The number of ether oxygens (including phenoxy) is 4. The Bertz CT molecular complexity index is 1030. The highest BCUT2D eigenvalue weighted by Gasteiger charge is 2.40. The Morgan fingerprint density at radius 2 is 1.05 bits per heavy atom. The Morgan fingerprint density at radius 1 is 0.589 bits per heavy atom. The summed E-state index contributed by atoms with van der Waals surface area (Å²) in [5.41, 5.74) is 0. The lowest BCUT2D eigenvalue weighted by Crippen LogP contribution is -2.36. The Morgan fingerprint density at radius 3 is 1.54 bits per heavy atom. The molecule has 1 heterocycles. The zero-order valence-corrected chi connectivity index (χ0v) is 36.4. The van der Waals surface area contributed by atoms with Gasteiger partial charge in [-0.2, -0.15) is 0 Å². The smallest absolute Gasteiger partial charge is 0.309 e. The first kappa shape index (κ1) is 49.7. The van der Waals surface area contributed by atoms with E-state index < -0.39 is 5.92 Å². The number of likely N-dealkylation sites (tertiary alicyclic amines) is 1. The molecule has 3 unspecified atom stereocenters. The van der Waals surface area contributed by atoms with E-state index in [4.69, 9.17) is 18.9 Å². The molecule has 0 radical (unpaired) electrons. The third kappa shape index (κ3) is 23.7. The van der Waals surface area contributed by atoms with Crippen molar-refractivity contribution >= 4 is 23.9 Å². The zero-order chi connectivity index (χ0) is 40.6. The van der Waals surface area contributed by atoms with E-state index in [1.165, 1.54) is 77.0 Å². The molecule has 2 fully saturated rings. The van der Waals surface area contributed by atoms with Gasteiger partial charge in [0.25, 0.3) is 0 Å². The van der Waals surface area contributed by atoms with Gasteiger partial charge in [0, 0.05) is 25.2 Å².